The molecule has 98 valence electrons. The highest BCUT2D eigenvalue weighted by Crippen LogP contribution is 2.24. The third-order valence-corrected chi connectivity index (χ3v) is 3.68. The van der Waals surface area contributed by atoms with E-state index in [2.05, 4.69) is 5.32 Å². The third-order valence-electron chi connectivity index (χ3n) is 3.68. The molecule has 2 atom stereocenters. The summed E-state index contributed by atoms with van der Waals surface area (Å²) in [5.41, 5.74) is 10.9. The van der Waals surface area contributed by atoms with Crippen LogP contribution in [0.25, 0.3) is 0 Å². The Morgan fingerprint density at radius 2 is 1.71 bits per heavy atom. The zero-order valence-corrected chi connectivity index (χ0v) is 10.6. The molecule has 5 N–H and O–H groups in total. The van der Waals surface area contributed by atoms with E-state index in [-0.39, 0.29) is 35.7 Å². The molecule has 1 aliphatic carbocycles. The maximum Gasteiger partial charge on any atom is 0.224 e. The minimum Gasteiger partial charge on any atom is -0.369 e. The number of primary amides is 1. The van der Waals surface area contributed by atoms with Crippen molar-refractivity contribution in [3.05, 3.63) is 0 Å². The molecular weight excluding hydrogens is 218 g/mol. The highest BCUT2D eigenvalue weighted by atomic mass is 16.2. The summed E-state index contributed by atoms with van der Waals surface area (Å²) >= 11 is 0. The van der Waals surface area contributed by atoms with E-state index in [1.807, 2.05) is 13.8 Å². The van der Waals surface area contributed by atoms with Gasteiger partial charge in [0.05, 0.1) is 0 Å². The van der Waals surface area contributed by atoms with Gasteiger partial charge in [-0.05, 0) is 32.6 Å². The van der Waals surface area contributed by atoms with E-state index in [9.17, 15) is 9.59 Å². The lowest BCUT2D eigenvalue weighted by atomic mass is 9.85. The summed E-state index contributed by atoms with van der Waals surface area (Å²) in [7, 11) is 0. The second kappa shape index (κ2) is 6.00. The van der Waals surface area contributed by atoms with Crippen LogP contribution in [0.15, 0.2) is 0 Å². The first-order chi connectivity index (χ1) is 7.91. The summed E-state index contributed by atoms with van der Waals surface area (Å²) in [5, 5.41) is 2.99. The van der Waals surface area contributed by atoms with Crippen molar-refractivity contribution in [1.82, 2.24) is 5.32 Å². The summed E-state index contributed by atoms with van der Waals surface area (Å²) < 4.78 is 0. The van der Waals surface area contributed by atoms with Crippen molar-refractivity contribution in [2.45, 2.75) is 51.6 Å². The number of carbonyl (C=O) groups excluding carboxylic acids is 2. The van der Waals surface area contributed by atoms with Crippen LogP contribution in [0, 0.1) is 11.8 Å². The van der Waals surface area contributed by atoms with Gasteiger partial charge in [0, 0.05) is 23.9 Å². The van der Waals surface area contributed by atoms with Gasteiger partial charge in [0.15, 0.2) is 0 Å². The molecule has 1 rings (SSSR count). The zero-order chi connectivity index (χ0) is 13.0. The molecule has 0 aliphatic heterocycles. The molecule has 0 heterocycles. The summed E-state index contributed by atoms with van der Waals surface area (Å²) in [6.07, 6.45) is 3.19. The van der Waals surface area contributed by atoms with E-state index in [0.717, 1.165) is 25.7 Å². The smallest absolute Gasteiger partial charge is 0.224 e. The lowest BCUT2D eigenvalue weighted by molar-refractivity contribution is -0.126. The number of carbonyl (C=O) groups is 2. The van der Waals surface area contributed by atoms with E-state index < -0.39 is 0 Å². The summed E-state index contributed by atoms with van der Waals surface area (Å²) in [6, 6.07) is 0.0243. The minimum absolute atomic E-state index is 0.00234. The number of hydrogen-bond acceptors (Lipinski definition) is 3. The van der Waals surface area contributed by atoms with Crippen molar-refractivity contribution in [1.29, 1.82) is 0 Å². The SMILES string of the molecule is CC(N)C(C)C(=O)NC1CCC(C(N)=O)CC1. The van der Waals surface area contributed by atoms with E-state index in [0.29, 0.717) is 0 Å². The first kappa shape index (κ1) is 14.0. The van der Waals surface area contributed by atoms with E-state index in [1.54, 1.807) is 0 Å². The predicted molar refractivity (Wildman–Crippen MR) is 65.9 cm³/mol. The van der Waals surface area contributed by atoms with Gasteiger partial charge in [0.2, 0.25) is 11.8 Å². The first-order valence-corrected chi connectivity index (χ1v) is 6.27. The first-order valence-electron chi connectivity index (χ1n) is 6.27. The second-order valence-electron chi connectivity index (χ2n) is 5.11. The lowest BCUT2D eigenvalue weighted by Gasteiger charge is -2.28. The Kier molecular flexibility index (Phi) is 4.93. The summed E-state index contributed by atoms with van der Waals surface area (Å²) in [4.78, 5) is 22.8. The highest BCUT2D eigenvalue weighted by Gasteiger charge is 2.27. The fourth-order valence-corrected chi connectivity index (χ4v) is 2.09. The average molecular weight is 241 g/mol. The van der Waals surface area contributed by atoms with Crippen LogP contribution in [0.5, 0.6) is 0 Å². The van der Waals surface area contributed by atoms with E-state index in [4.69, 9.17) is 11.5 Å². The number of nitrogens with one attached hydrogen (secondary N) is 1. The van der Waals surface area contributed by atoms with Crippen LogP contribution >= 0.6 is 0 Å². The fourth-order valence-electron chi connectivity index (χ4n) is 2.09. The average Bonchev–Trinajstić information content (AvgIpc) is 2.28. The molecule has 5 nitrogen and oxygen atoms in total. The van der Waals surface area contributed by atoms with Gasteiger partial charge >= 0.3 is 0 Å². The third kappa shape index (κ3) is 4.00. The molecule has 1 saturated carbocycles. The molecule has 2 unspecified atom stereocenters. The minimum atomic E-state index is -0.223. The summed E-state index contributed by atoms with van der Waals surface area (Å²) in [5.74, 6) is -0.417. The highest BCUT2D eigenvalue weighted by molar-refractivity contribution is 5.79. The van der Waals surface area contributed by atoms with Gasteiger partial charge in [0.1, 0.15) is 0 Å². The lowest BCUT2D eigenvalue weighted by Crippen LogP contribution is -2.45. The topological polar surface area (TPSA) is 98.2 Å². The van der Waals surface area contributed by atoms with Gasteiger partial charge in [-0.2, -0.15) is 0 Å². The maximum absolute atomic E-state index is 11.8. The van der Waals surface area contributed by atoms with E-state index >= 15 is 0 Å². The van der Waals surface area contributed by atoms with Crippen LogP contribution in [-0.4, -0.2) is 23.9 Å². The van der Waals surface area contributed by atoms with Crippen LogP contribution in [-0.2, 0) is 9.59 Å². The van der Waals surface area contributed by atoms with Crippen molar-refractivity contribution in [3.8, 4) is 0 Å². The molecule has 0 saturated heterocycles. The largest absolute Gasteiger partial charge is 0.369 e. The van der Waals surface area contributed by atoms with Crippen LogP contribution in [0.2, 0.25) is 0 Å². The number of rotatable bonds is 4. The molecule has 2 amide bonds. The Balaban J connectivity index is 2.35. The van der Waals surface area contributed by atoms with Crippen molar-refractivity contribution in [3.63, 3.8) is 0 Å². The van der Waals surface area contributed by atoms with Crippen molar-refractivity contribution in [2.24, 2.45) is 23.3 Å². The Morgan fingerprint density at radius 3 is 2.12 bits per heavy atom. The normalized spacial score (nSPS) is 28.2. The Hall–Kier alpha value is -1.10. The number of hydrogen-bond donors (Lipinski definition) is 3. The predicted octanol–water partition coefficient (Wildman–Crippen LogP) is 0.130. The molecule has 0 bridgehead atoms. The Morgan fingerprint density at radius 1 is 1.18 bits per heavy atom. The van der Waals surface area contributed by atoms with Crippen molar-refractivity contribution >= 4 is 11.8 Å². The van der Waals surface area contributed by atoms with Gasteiger partial charge in [0.25, 0.3) is 0 Å². The molecule has 0 radical (unpaired) electrons. The molecule has 1 aliphatic rings. The van der Waals surface area contributed by atoms with Gasteiger partial charge in [-0.1, -0.05) is 6.92 Å². The van der Waals surface area contributed by atoms with Crippen LogP contribution in [0.3, 0.4) is 0 Å². The van der Waals surface area contributed by atoms with Gasteiger partial charge in [-0.15, -0.1) is 0 Å². The maximum atomic E-state index is 11.8. The van der Waals surface area contributed by atoms with Crippen molar-refractivity contribution < 1.29 is 9.59 Å². The Bertz CT molecular complexity index is 283. The monoisotopic (exact) mass is 241 g/mol. The molecular formula is C12H23N3O2. The van der Waals surface area contributed by atoms with Crippen LogP contribution < -0.4 is 16.8 Å². The summed E-state index contributed by atoms with van der Waals surface area (Å²) in [6.45, 7) is 3.66. The molecule has 5 heteroatoms. The molecule has 0 aromatic carbocycles. The van der Waals surface area contributed by atoms with Gasteiger partial charge in [-0.25, -0.2) is 0 Å². The molecule has 0 aromatic rings. The molecule has 0 aromatic heterocycles. The fraction of sp³-hybridized carbons (Fsp3) is 0.833. The zero-order valence-electron chi connectivity index (χ0n) is 10.6. The van der Waals surface area contributed by atoms with Gasteiger partial charge in [-0.3, -0.25) is 9.59 Å². The molecule has 17 heavy (non-hydrogen) atoms. The quantitative estimate of drug-likeness (QED) is 0.652. The standard InChI is InChI=1S/C12H23N3O2/c1-7(8(2)13)12(17)15-10-5-3-9(4-6-10)11(14)16/h7-10H,3-6,13H2,1-2H3,(H2,14,16)(H,15,17). The van der Waals surface area contributed by atoms with Crippen LogP contribution in [0.4, 0.5) is 0 Å². The number of nitrogens with two attached hydrogens (primary N) is 2. The van der Waals surface area contributed by atoms with Crippen molar-refractivity contribution in [2.75, 3.05) is 0 Å². The Labute approximate surface area is 102 Å². The number of amides is 2. The van der Waals surface area contributed by atoms with E-state index in [1.165, 1.54) is 0 Å². The second-order valence-corrected chi connectivity index (χ2v) is 5.11. The molecule has 1 fully saturated rings. The van der Waals surface area contributed by atoms with Crippen LogP contribution in [0.1, 0.15) is 39.5 Å². The van der Waals surface area contributed by atoms with Gasteiger partial charge < -0.3 is 16.8 Å². The molecule has 0 spiro atoms.